The van der Waals surface area contributed by atoms with Crippen LogP contribution in [-0.4, -0.2) is 50.2 Å². The van der Waals surface area contributed by atoms with E-state index >= 15 is 0 Å². The predicted molar refractivity (Wildman–Crippen MR) is 121 cm³/mol. The van der Waals surface area contributed by atoms with Gasteiger partial charge in [0.1, 0.15) is 5.41 Å². The van der Waals surface area contributed by atoms with Gasteiger partial charge in [-0.2, -0.15) is 0 Å². The van der Waals surface area contributed by atoms with E-state index < -0.39 is 34.6 Å². The summed E-state index contributed by atoms with van der Waals surface area (Å²) >= 11 is 0. The standard InChI is InChI=1S/C25H44N2O4/c1-17(2)15-19(24(30)11-7-12-24)27(20(16-18(3)4)25(31)13-8-14-25)22(29)23(21(26)28)9-5-6-10-23/h17-20,30-31H,5-16H2,1-4H3,(H2,26,28). The summed E-state index contributed by atoms with van der Waals surface area (Å²) in [6, 6.07) is -0.808. The van der Waals surface area contributed by atoms with E-state index in [1.165, 1.54) is 0 Å². The Bertz CT molecular complexity index is 626. The first-order chi connectivity index (χ1) is 14.5. The molecular weight excluding hydrogens is 392 g/mol. The van der Waals surface area contributed by atoms with Crippen LogP contribution in [0.4, 0.5) is 0 Å². The van der Waals surface area contributed by atoms with Crippen molar-refractivity contribution < 1.29 is 19.8 Å². The lowest BCUT2D eigenvalue weighted by molar-refractivity contribution is -0.189. The zero-order chi connectivity index (χ0) is 23.0. The normalized spacial score (nSPS) is 25.5. The Labute approximate surface area is 187 Å². The van der Waals surface area contributed by atoms with Crippen LogP contribution in [0.25, 0.3) is 0 Å². The van der Waals surface area contributed by atoms with Crippen molar-refractivity contribution in [2.24, 2.45) is 23.0 Å². The molecule has 0 aromatic heterocycles. The second-order valence-electron chi connectivity index (χ2n) is 11.6. The number of nitrogens with zero attached hydrogens (tertiary/aromatic N) is 1. The number of primary amides is 1. The fourth-order valence-corrected chi connectivity index (χ4v) is 6.11. The summed E-state index contributed by atoms with van der Waals surface area (Å²) in [5, 5.41) is 23.1. The molecule has 3 rings (SSSR count). The van der Waals surface area contributed by atoms with Gasteiger partial charge < -0.3 is 20.8 Å². The molecule has 3 fully saturated rings. The molecular formula is C25H44N2O4. The van der Waals surface area contributed by atoms with E-state index in [9.17, 15) is 19.8 Å². The maximum Gasteiger partial charge on any atom is 0.238 e. The molecule has 0 bridgehead atoms. The highest BCUT2D eigenvalue weighted by molar-refractivity contribution is 6.05. The van der Waals surface area contributed by atoms with Gasteiger partial charge in [0, 0.05) is 0 Å². The van der Waals surface area contributed by atoms with Gasteiger partial charge >= 0.3 is 0 Å². The third-order valence-corrected chi connectivity index (χ3v) is 8.31. The molecule has 3 saturated carbocycles. The largest absolute Gasteiger partial charge is 0.388 e. The van der Waals surface area contributed by atoms with Crippen LogP contribution in [0.5, 0.6) is 0 Å². The van der Waals surface area contributed by atoms with Crippen molar-refractivity contribution in [2.75, 3.05) is 0 Å². The van der Waals surface area contributed by atoms with Gasteiger partial charge in [-0.15, -0.1) is 0 Å². The maximum absolute atomic E-state index is 14.3. The summed E-state index contributed by atoms with van der Waals surface area (Å²) in [5.41, 5.74) is 2.77. The molecule has 3 aliphatic rings. The van der Waals surface area contributed by atoms with Gasteiger partial charge in [-0.25, -0.2) is 0 Å². The first-order valence-corrected chi connectivity index (χ1v) is 12.5. The van der Waals surface area contributed by atoms with Gasteiger partial charge in [0.05, 0.1) is 23.3 Å². The third-order valence-electron chi connectivity index (χ3n) is 8.31. The first-order valence-electron chi connectivity index (χ1n) is 12.5. The minimum absolute atomic E-state index is 0.241. The number of aliphatic hydroxyl groups is 2. The van der Waals surface area contributed by atoms with E-state index in [-0.39, 0.29) is 17.7 Å². The van der Waals surface area contributed by atoms with E-state index in [0.717, 1.165) is 25.7 Å². The molecule has 0 heterocycles. The first kappa shape index (κ1) is 24.5. The summed E-state index contributed by atoms with van der Waals surface area (Å²) < 4.78 is 0. The number of carbonyl (C=O) groups excluding carboxylic acids is 2. The minimum atomic E-state index is -1.20. The second kappa shape index (κ2) is 9.01. The smallest absolute Gasteiger partial charge is 0.238 e. The Hall–Kier alpha value is -1.14. The van der Waals surface area contributed by atoms with E-state index in [1.807, 2.05) is 4.90 Å². The van der Waals surface area contributed by atoms with Crippen molar-refractivity contribution in [1.29, 1.82) is 0 Å². The fourth-order valence-electron chi connectivity index (χ4n) is 6.11. The maximum atomic E-state index is 14.3. The molecule has 0 saturated heterocycles. The number of nitrogens with two attached hydrogens (primary N) is 1. The topological polar surface area (TPSA) is 104 Å². The van der Waals surface area contributed by atoms with Gasteiger partial charge in [-0.3, -0.25) is 9.59 Å². The average molecular weight is 437 g/mol. The molecule has 0 aromatic carbocycles. The Kier molecular flexibility index (Phi) is 7.12. The van der Waals surface area contributed by atoms with Gasteiger partial charge in [0.15, 0.2) is 0 Å². The fraction of sp³-hybridized carbons (Fsp3) is 0.920. The Balaban J connectivity index is 2.11. The van der Waals surface area contributed by atoms with E-state index in [1.54, 1.807) is 0 Å². The molecule has 0 aliphatic heterocycles. The summed E-state index contributed by atoms with van der Waals surface area (Å²) in [4.78, 5) is 28.8. The van der Waals surface area contributed by atoms with Crippen LogP contribution in [0.15, 0.2) is 0 Å². The third kappa shape index (κ3) is 4.52. The SMILES string of the molecule is CC(C)CC(N(C(=O)C1(C(N)=O)CCCC1)C(CC(C)C)C1(O)CCC1)C1(O)CCC1. The van der Waals surface area contributed by atoms with Crippen molar-refractivity contribution in [3.63, 3.8) is 0 Å². The van der Waals surface area contributed by atoms with Crippen molar-refractivity contribution in [2.45, 2.75) is 128 Å². The summed E-state index contributed by atoms with van der Waals surface area (Å²) in [7, 11) is 0. The molecule has 2 atom stereocenters. The van der Waals surface area contributed by atoms with Gasteiger partial charge in [-0.1, -0.05) is 40.5 Å². The van der Waals surface area contributed by atoms with E-state index in [0.29, 0.717) is 51.4 Å². The summed E-state index contributed by atoms with van der Waals surface area (Å²) in [5.74, 6) is -0.246. The molecule has 3 aliphatic carbocycles. The molecule has 2 amide bonds. The van der Waals surface area contributed by atoms with Crippen molar-refractivity contribution in [1.82, 2.24) is 4.90 Å². The van der Waals surface area contributed by atoms with Crippen molar-refractivity contribution >= 4 is 11.8 Å². The van der Waals surface area contributed by atoms with Crippen LogP contribution >= 0.6 is 0 Å². The molecule has 0 radical (unpaired) electrons. The lowest BCUT2D eigenvalue weighted by Crippen LogP contribution is -2.69. The molecule has 0 aromatic rings. The second-order valence-corrected chi connectivity index (χ2v) is 11.6. The van der Waals surface area contributed by atoms with Crippen LogP contribution in [0.2, 0.25) is 0 Å². The van der Waals surface area contributed by atoms with E-state index in [4.69, 9.17) is 5.73 Å². The molecule has 2 unspecified atom stereocenters. The molecule has 6 heteroatoms. The number of hydrogen-bond acceptors (Lipinski definition) is 4. The molecule has 0 spiro atoms. The lowest BCUT2D eigenvalue weighted by Gasteiger charge is -2.57. The zero-order valence-corrected chi connectivity index (χ0v) is 20.0. The molecule has 6 nitrogen and oxygen atoms in total. The number of hydrogen-bond donors (Lipinski definition) is 3. The Morgan fingerprint density at radius 3 is 1.42 bits per heavy atom. The van der Waals surface area contributed by atoms with Crippen molar-refractivity contribution in [3.8, 4) is 0 Å². The Morgan fingerprint density at radius 2 is 1.16 bits per heavy atom. The molecule has 4 N–H and O–H groups in total. The minimum Gasteiger partial charge on any atom is -0.388 e. The molecule has 31 heavy (non-hydrogen) atoms. The number of carbonyl (C=O) groups is 2. The predicted octanol–water partition coefficient (Wildman–Crippen LogP) is 3.52. The number of amides is 2. The van der Waals surface area contributed by atoms with Crippen molar-refractivity contribution in [3.05, 3.63) is 0 Å². The highest BCUT2D eigenvalue weighted by Crippen LogP contribution is 2.49. The van der Waals surface area contributed by atoms with Crippen LogP contribution in [0.3, 0.4) is 0 Å². The van der Waals surface area contributed by atoms with Gasteiger partial charge in [0.2, 0.25) is 11.8 Å². The van der Waals surface area contributed by atoms with E-state index in [2.05, 4.69) is 27.7 Å². The van der Waals surface area contributed by atoms with Gasteiger partial charge in [-0.05, 0) is 76.0 Å². The zero-order valence-electron chi connectivity index (χ0n) is 20.0. The quantitative estimate of drug-likeness (QED) is 0.456. The highest BCUT2D eigenvalue weighted by atomic mass is 16.3. The number of rotatable bonds is 10. The summed E-state index contributed by atoms with van der Waals surface area (Å²) in [6.07, 6.45) is 8.37. The van der Waals surface area contributed by atoms with Gasteiger partial charge in [0.25, 0.3) is 0 Å². The molecule has 178 valence electrons. The average Bonchev–Trinajstić information content (AvgIpc) is 3.13. The van der Waals surface area contributed by atoms with Crippen LogP contribution in [0, 0.1) is 17.3 Å². The van der Waals surface area contributed by atoms with Crippen LogP contribution in [0.1, 0.15) is 105 Å². The summed E-state index contributed by atoms with van der Waals surface area (Å²) in [6.45, 7) is 8.42. The Morgan fingerprint density at radius 1 is 0.774 bits per heavy atom. The monoisotopic (exact) mass is 436 g/mol. The van der Waals surface area contributed by atoms with Crippen LogP contribution < -0.4 is 5.73 Å². The lowest BCUT2D eigenvalue weighted by atomic mass is 9.67. The van der Waals surface area contributed by atoms with Crippen LogP contribution in [-0.2, 0) is 9.59 Å². The highest BCUT2D eigenvalue weighted by Gasteiger charge is 2.58.